The van der Waals surface area contributed by atoms with E-state index in [0.717, 1.165) is 16.3 Å². The number of nitrogens with zero attached hydrogens (tertiary/aromatic N) is 3. The van der Waals surface area contributed by atoms with Crippen LogP contribution in [0.3, 0.4) is 0 Å². The van der Waals surface area contributed by atoms with E-state index in [1.54, 1.807) is 24.3 Å². The van der Waals surface area contributed by atoms with E-state index in [1.807, 2.05) is 6.92 Å². The van der Waals surface area contributed by atoms with E-state index in [1.165, 1.54) is 6.92 Å². The second-order valence-electron chi connectivity index (χ2n) is 6.63. The predicted octanol–water partition coefficient (Wildman–Crippen LogP) is 3.08. The first kappa shape index (κ1) is 19.8. The van der Waals surface area contributed by atoms with Crippen LogP contribution in [0.4, 0.5) is 18.9 Å². The maximum atomic E-state index is 13.1. The van der Waals surface area contributed by atoms with Gasteiger partial charge in [-0.15, -0.1) is 11.3 Å². The van der Waals surface area contributed by atoms with Gasteiger partial charge in [-0.2, -0.15) is 13.2 Å². The molecule has 0 unspecified atom stereocenters. The number of carbonyl (C=O) groups is 1. The minimum atomic E-state index is -4.65. The first-order valence-corrected chi connectivity index (χ1v) is 9.37. The van der Waals surface area contributed by atoms with Gasteiger partial charge in [0, 0.05) is 17.5 Å². The van der Waals surface area contributed by atoms with Gasteiger partial charge in [-0.25, -0.2) is 4.98 Å². The summed E-state index contributed by atoms with van der Waals surface area (Å²) in [6.45, 7) is 3.31. The van der Waals surface area contributed by atoms with Crippen molar-refractivity contribution in [1.82, 2.24) is 10.3 Å². The Bertz CT molecular complexity index is 1290. The van der Waals surface area contributed by atoms with Gasteiger partial charge in [-0.3, -0.25) is 4.79 Å². The van der Waals surface area contributed by atoms with Gasteiger partial charge in [0.15, 0.2) is 5.95 Å². The molecule has 0 fully saturated rings. The van der Waals surface area contributed by atoms with Gasteiger partial charge in [0.25, 0.3) is 5.78 Å². The number of carbonyl (C=O) groups excluding carboxylic acids is 1. The summed E-state index contributed by atoms with van der Waals surface area (Å²) >= 11 is 0.682. The van der Waals surface area contributed by atoms with Crippen LogP contribution in [0.5, 0.6) is 5.95 Å². The van der Waals surface area contributed by atoms with Crippen LogP contribution in [-0.2, 0) is 6.18 Å². The Labute approximate surface area is 171 Å². The Morgan fingerprint density at radius 2 is 1.90 bits per heavy atom. The number of ketones is 1. The van der Waals surface area contributed by atoms with Gasteiger partial charge in [0.2, 0.25) is 5.69 Å². The molecule has 0 bridgehead atoms. The van der Waals surface area contributed by atoms with E-state index >= 15 is 0 Å². The Morgan fingerprint density at radius 1 is 1.23 bits per heavy atom. The van der Waals surface area contributed by atoms with Crippen molar-refractivity contribution in [3.63, 3.8) is 0 Å². The molecule has 0 amide bonds. The Balaban J connectivity index is 1.87. The molecule has 4 aromatic rings. The maximum absolute atomic E-state index is 13.1. The number of hydrogen-bond donors (Lipinski definition) is 1. The summed E-state index contributed by atoms with van der Waals surface area (Å²) in [5.74, 6) is -1.80. The summed E-state index contributed by atoms with van der Waals surface area (Å²) in [5, 5.41) is 16.1. The topological polar surface area (TPSA) is 109 Å². The molecule has 0 saturated carbocycles. The number of aryl methyl sites for hydroxylation is 2. The van der Waals surface area contributed by atoms with Crippen molar-refractivity contribution in [1.29, 1.82) is 0 Å². The molecule has 7 nitrogen and oxygen atoms in total. The summed E-state index contributed by atoms with van der Waals surface area (Å²) in [5.41, 5.74) is 6.11. The molecule has 154 valence electrons. The van der Waals surface area contributed by atoms with Gasteiger partial charge in [0.1, 0.15) is 15.4 Å². The van der Waals surface area contributed by atoms with Gasteiger partial charge in [0.05, 0.1) is 11.0 Å². The molecular weight excluding hydrogens is 421 g/mol. The fourth-order valence-corrected chi connectivity index (χ4v) is 4.14. The number of benzene rings is 1. The normalized spacial score (nSPS) is 11.9. The van der Waals surface area contributed by atoms with Gasteiger partial charge in [-0.05, 0) is 30.2 Å². The van der Waals surface area contributed by atoms with Gasteiger partial charge < -0.3 is 15.4 Å². The third kappa shape index (κ3) is 3.16. The summed E-state index contributed by atoms with van der Waals surface area (Å²) in [6.07, 6.45) is -4.65. The van der Waals surface area contributed by atoms with Crippen LogP contribution in [0.1, 0.15) is 32.2 Å². The fraction of sp³-hybridized carbons (Fsp3) is 0.158. The first-order chi connectivity index (χ1) is 14.1. The first-order valence-electron chi connectivity index (χ1n) is 8.55. The average molecular weight is 434 g/mol. The smallest absolute Gasteiger partial charge is 0.433 e. The Kier molecular flexibility index (Phi) is 4.49. The van der Waals surface area contributed by atoms with Gasteiger partial charge in [-0.1, -0.05) is 17.7 Å². The number of nitrogen functional groups attached to an aromatic ring is 1. The molecule has 0 atom stereocenters. The molecule has 2 N–H and O–H groups in total. The van der Waals surface area contributed by atoms with E-state index in [0.29, 0.717) is 17.0 Å². The lowest BCUT2D eigenvalue weighted by Crippen LogP contribution is -2.39. The lowest BCUT2D eigenvalue weighted by Gasteiger charge is -2.07. The van der Waals surface area contributed by atoms with Crippen molar-refractivity contribution < 1.29 is 32.3 Å². The minimum Gasteiger partial charge on any atom is -0.539 e. The third-order valence-corrected chi connectivity index (χ3v) is 5.60. The van der Waals surface area contributed by atoms with Gasteiger partial charge >= 0.3 is 11.9 Å². The van der Waals surface area contributed by atoms with Crippen LogP contribution in [0.2, 0.25) is 0 Å². The number of hydrogen-bond acceptors (Lipinski definition) is 7. The minimum absolute atomic E-state index is 0.0465. The lowest BCUT2D eigenvalue weighted by molar-refractivity contribution is -0.672. The van der Waals surface area contributed by atoms with Crippen LogP contribution < -0.4 is 15.5 Å². The molecule has 0 aliphatic rings. The van der Waals surface area contributed by atoms with Crippen molar-refractivity contribution in [2.45, 2.75) is 20.0 Å². The predicted molar refractivity (Wildman–Crippen MR) is 99.4 cm³/mol. The second-order valence-corrected chi connectivity index (χ2v) is 7.63. The van der Waals surface area contributed by atoms with E-state index in [-0.39, 0.29) is 26.3 Å². The Morgan fingerprint density at radius 3 is 2.53 bits per heavy atom. The summed E-state index contributed by atoms with van der Waals surface area (Å²) in [4.78, 5) is 16.6. The monoisotopic (exact) mass is 434 g/mol. The van der Waals surface area contributed by atoms with E-state index in [9.17, 15) is 23.1 Å². The van der Waals surface area contributed by atoms with Crippen LogP contribution in [0.15, 0.2) is 34.9 Å². The highest BCUT2D eigenvalue weighted by Crippen LogP contribution is 2.39. The average Bonchev–Trinajstić information content (AvgIpc) is 3.22. The molecule has 0 aliphatic carbocycles. The van der Waals surface area contributed by atoms with Crippen molar-refractivity contribution in [3.8, 4) is 11.6 Å². The molecule has 1 aromatic carbocycles. The van der Waals surface area contributed by atoms with Crippen LogP contribution in [0, 0.1) is 13.8 Å². The fourth-order valence-electron chi connectivity index (χ4n) is 3.03. The van der Waals surface area contributed by atoms with E-state index < -0.39 is 29.3 Å². The third-order valence-electron chi connectivity index (χ3n) is 4.50. The second kappa shape index (κ2) is 6.80. The number of nitrogens with two attached hydrogens (primary N) is 1. The molecule has 0 saturated heterocycles. The highest BCUT2D eigenvalue weighted by Gasteiger charge is 2.35. The van der Waals surface area contributed by atoms with Crippen molar-refractivity contribution >= 4 is 33.0 Å². The number of thiophene rings is 1. The molecule has 0 spiro atoms. The molecule has 30 heavy (non-hydrogen) atoms. The molecule has 3 heterocycles. The number of fused-ring (bicyclic) bond motifs is 1. The van der Waals surface area contributed by atoms with Crippen molar-refractivity contribution in [3.05, 3.63) is 57.7 Å². The highest BCUT2D eigenvalue weighted by atomic mass is 32.1. The summed E-state index contributed by atoms with van der Waals surface area (Å²) in [6, 6.07) is 7.67. The Hall–Kier alpha value is -3.47. The zero-order valence-electron chi connectivity index (χ0n) is 15.6. The van der Waals surface area contributed by atoms with Crippen LogP contribution >= 0.6 is 11.3 Å². The molecule has 0 aliphatic heterocycles. The standard InChI is InChI=1S/C19H13F3N4O3S/c1-8-3-5-10(6-4-8)26-14(18(28)29-25-26)15(27)16-13(23)12-9(2)7-11(19(20,21)22)24-17(12)30-16/h3-7H,1-2H3,(H2-,23,25,27,28). The number of pyridine rings is 1. The van der Waals surface area contributed by atoms with E-state index in [2.05, 4.69) is 14.8 Å². The zero-order valence-corrected chi connectivity index (χ0v) is 16.4. The number of halogens is 3. The van der Waals surface area contributed by atoms with Crippen LogP contribution in [-0.4, -0.2) is 16.0 Å². The largest absolute Gasteiger partial charge is 0.539 e. The molecule has 11 heteroatoms. The molecule has 4 rings (SSSR count). The molecule has 0 radical (unpaired) electrons. The zero-order chi connectivity index (χ0) is 21.8. The SMILES string of the molecule is Cc1ccc(-[n+]2noc([O-])c2C(=O)c2sc3nc(C(F)(F)F)cc(C)c3c2N)cc1. The maximum Gasteiger partial charge on any atom is 0.433 e. The van der Waals surface area contributed by atoms with E-state index in [4.69, 9.17) is 5.73 Å². The van der Waals surface area contributed by atoms with Crippen LogP contribution in [0.25, 0.3) is 15.9 Å². The summed E-state index contributed by atoms with van der Waals surface area (Å²) in [7, 11) is 0. The lowest BCUT2D eigenvalue weighted by atomic mass is 10.1. The number of aromatic nitrogens is 3. The molecule has 3 aromatic heterocycles. The van der Waals surface area contributed by atoms with Crippen molar-refractivity contribution in [2.24, 2.45) is 0 Å². The summed E-state index contributed by atoms with van der Waals surface area (Å²) < 4.78 is 45.0. The van der Waals surface area contributed by atoms with Crippen molar-refractivity contribution in [2.75, 3.05) is 5.73 Å². The highest BCUT2D eigenvalue weighted by molar-refractivity contribution is 7.21. The number of rotatable bonds is 3. The quantitative estimate of drug-likeness (QED) is 0.392. The number of anilines is 1. The molecular formula is C19H13F3N4O3S. The number of alkyl halides is 3.